The van der Waals surface area contributed by atoms with Crippen LogP contribution in [0.4, 0.5) is 0 Å². The Hall–Kier alpha value is -2.64. The zero-order chi connectivity index (χ0) is 19.8. The summed E-state index contributed by atoms with van der Waals surface area (Å²) in [5, 5.41) is 8.96. The number of aryl methyl sites for hydroxylation is 2. The molecule has 1 aromatic heterocycles. The molecule has 0 aliphatic rings. The smallest absolute Gasteiger partial charge is 0.238 e. The molecule has 0 spiro atoms. The SMILES string of the molecule is Cc1ccc2c(CC(=O)N[C@H](C)c3ccc(S(N)(=O)=O)cc3)coc2c1C. The number of carbonyl (C=O) groups excluding carboxylic acids is 1. The van der Waals surface area contributed by atoms with Crippen molar-refractivity contribution in [3.8, 4) is 0 Å². The Morgan fingerprint density at radius 1 is 1.15 bits per heavy atom. The molecule has 0 fully saturated rings. The number of hydrogen-bond acceptors (Lipinski definition) is 4. The zero-order valence-corrected chi connectivity index (χ0v) is 16.3. The van der Waals surface area contributed by atoms with Gasteiger partial charge in [-0.05, 0) is 49.6 Å². The van der Waals surface area contributed by atoms with Gasteiger partial charge in [0.05, 0.1) is 23.6 Å². The van der Waals surface area contributed by atoms with Crippen LogP contribution in [0, 0.1) is 13.8 Å². The number of sulfonamides is 1. The Kier molecular flexibility index (Phi) is 5.08. The van der Waals surface area contributed by atoms with Gasteiger partial charge in [0.15, 0.2) is 0 Å². The number of fused-ring (bicyclic) bond motifs is 1. The fourth-order valence-corrected chi connectivity index (χ4v) is 3.54. The molecule has 3 N–H and O–H groups in total. The summed E-state index contributed by atoms with van der Waals surface area (Å²) >= 11 is 0. The van der Waals surface area contributed by atoms with Crippen LogP contribution >= 0.6 is 0 Å². The standard InChI is InChI=1S/C20H22N2O4S/c1-12-4-9-18-16(11-26-20(18)13(12)2)10-19(23)22-14(3)15-5-7-17(8-6-15)27(21,24)25/h4-9,11,14H,10H2,1-3H3,(H,22,23)(H2,21,24,25)/t14-/m1/s1. The van der Waals surface area contributed by atoms with Crippen LogP contribution in [0.1, 0.15) is 35.2 Å². The van der Waals surface area contributed by atoms with Gasteiger partial charge in [0.25, 0.3) is 0 Å². The fourth-order valence-electron chi connectivity index (χ4n) is 3.02. The van der Waals surface area contributed by atoms with Gasteiger partial charge in [0.1, 0.15) is 5.58 Å². The van der Waals surface area contributed by atoms with Crippen molar-refractivity contribution in [3.63, 3.8) is 0 Å². The van der Waals surface area contributed by atoms with Crippen LogP contribution in [0.25, 0.3) is 11.0 Å². The van der Waals surface area contributed by atoms with Crippen LogP contribution in [0.3, 0.4) is 0 Å². The summed E-state index contributed by atoms with van der Waals surface area (Å²) in [5.41, 5.74) is 4.65. The number of carbonyl (C=O) groups is 1. The molecule has 3 rings (SSSR count). The summed E-state index contributed by atoms with van der Waals surface area (Å²) < 4.78 is 28.3. The van der Waals surface area contributed by atoms with Gasteiger partial charge < -0.3 is 9.73 Å². The monoisotopic (exact) mass is 386 g/mol. The van der Waals surface area contributed by atoms with E-state index in [2.05, 4.69) is 5.32 Å². The predicted molar refractivity (Wildman–Crippen MR) is 104 cm³/mol. The number of primary sulfonamides is 1. The van der Waals surface area contributed by atoms with Crippen LogP contribution in [-0.4, -0.2) is 14.3 Å². The molecule has 0 radical (unpaired) electrons. The second-order valence-corrected chi connectivity index (χ2v) is 8.29. The van der Waals surface area contributed by atoms with E-state index in [1.807, 2.05) is 32.9 Å². The third-order valence-electron chi connectivity index (χ3n) is 4.78. The Morgan fingerprint density at radius 2 is 1.81 bits per heavy atom. The van der Waals surface area contributed by atoms with E-state index in [0.29, 0.717) is 0 Å². The minimum Gasteiger partial charge on any atom is -0.464 e. The van der Waals surface area contributed by atoms with Gasteiger partial charge >= 0.3 is 0 Å². The van der Waals surface area contributed by atoms with E-state index in [1.165, 1.54) is 12.1 Å². The molecule has 1 amide bonds. The molecule has 0 aliphatic carbocycles. The molecule has 0 saturated carbocycles. The van der Waals surface area contributed by atoms with Crippen molar-refractivity contribution >= 4 is 26.9 Å². The Bertz CT molecular complexity index is 1100. The summed E-state index contributed by atoms with van der Waals surface area (Å²) in [6.07, 6.45) is 1.83. The number of hydrogen-bond donors (Lipinski definition) is 2. The highest BCUT2D eigenvalue weighted by molar-refractivity contribution is 7.89. The zero-order valence-electron chi connectivity index (χ0n) is 15.4. The van der Waals surface area contributed by atoms with Crippen LogP contribution < -0.4 is 10.5 Å². The molecule has 1 atom stereocenters. The molecular weight excluding hydrogens is 364 g/mol. The molecule has 6 nitrogen and oxygen atoms in total. The largest absolute Gasteiger partial charge is 0.464 e. The highest BCUT2D eigenvalue weighted by Gasteiger charge is 2.16. The lowest BCUT2D eigenvalue weighted by Gasteiger charge is -2.14. The van der Waals surface area contributed by atoms with E-state index in [4.69, 9.17) is 9.56 Å². The van der Waals surface area contributed by atoms with Gasteiger partial charge in [-0.25, -0.2) is 13.6 Å². The highest BCUT2D eigenvalue weighted by atomic mass is 32.2. The summed E-state index contributed by atoms with van der Waals surface area (Å²) in [7, 11) is -3.73. The molecule has 0 saturated heterocycles. The number of rotatable bonds is 5. The van der Waals surface area contributed by atoms with Gasteiger partial charge in [-0.3, -0.25) is 4.79 Å². The number of benzene rings is 2. The van der Waals surface area contributed by atoms with Crippen LogP contribution in [0.2, 0.25) is 0 Å². The lowest BCUT2D eigenvalue weighted by Crippen LogP contribution is -2.28. The van der Waals surface area contributed by atoms with Crippen molar-refractivity contribution in [2.24, 2.45) is 5.14 Å². The Balaban J connectivity index is 1.71. The fraction of sp³-hybridized carbons (Fsp3) is 0.250. The van der Waals surface area contributed by atoms with E-state index < -0.39 is 10.0 Å². The lowest BCUT2D eigenvalue weighted by atomic mass is 10.0. The second-order valence-electron chi connectivity index (χ2n) is 6.73. The molecular formula is C20H22N2O4S. The molecule has 0 aliphatic heterocycles. The quantitative estimate of drug-likeness (QED) is 0.703. The first kappa shape index (κ1) is 19.1. The van der Waals surface area contributed by atoms with Gasteiger partial charge in [0, 0.05) is 10.9 Å². The normalized spacial score (nSPS) is 12.9. The summed E-state index contributed by atoms with van der Waals surface area (Å²) in [6, 6.07) is 9.87. The highest BCUT2D eigenvalue weighted by Crippen LogP contribution is 2.27. The minimum atomic E-state index is -3.73. The summed E-state index contributed by atoms with van der Waals surface area (Å²) in [6.45, 7) is 5.86. The Morgan fingerprint density at radius 3 is 2.44 bits per heavy atom. The first-order valence-electron chi connectivity index (χ1n) is 8.55. The van der Waals surface area contributed by atoms with Crippen molar-refractivity contribution < 1.29 is 17.6 Å². The lowest BCUT2D eigenvalue weighted by molar-refractivity contribution is -0.121. The molecule has 0 unspecified atom stereocenters. The Labute approximate surface area is 158 Å². The molecule has 27 heavy (non-hydrogen) atoms. The second kappa shape index (κ2) is 7.17. The van der Waals surface area contributed by atoms with Crippen molar-refractivity contribution in [3.05, 3.63) is 64.9 Å². The van der Waals surface area contributed by atoms with E-state index in [0.717, 1.165) is 33.2 Å². The van der Waals surface area contributed by atoms with E-state index >= 15 is 0 Å². The molecule has 1 heterocycles. The van der Waals surface area contributed by atoms with Crippen molar-refractivity contribution in [1.29, 1.82) is 0 Å². The van der Waals surface area contributed by atoms with Crippen LogP contribution in [0.15, 0.2) is 52.0 Å². The van der Waals surface area contributed by atoms with Crippen molar-refractivity contribution in [1.82, 2.24) is 5.32 Å². The van der Waals surface area contributed by atoms with Gasteiger partial charge in [-0.15, -0.1) is 0 Å². The number of nitrogens with two attached hydrogens (primary N) is 1. The summed E-state index contributed by atoms with van der Waals surface area (Å²) in [4.78, 5) is 12.5. The number of nitrogens with one attached hydrogen (secondary N) is 1. The van der Waals surface area contributed by atoms with E-state index in [1.54, 1.807) is 18.4 Å². The maximum Gasteiger partial charge on any atom is 0.238 e. The molecule has 3 aromatic rings. The first-order valence-corrected chi connectivity index (χ1v) is 10.1. The first-order chi connectivity index (χ1) is 12.7. The number of amides is 1. The van der Waals surface area contributed by atoms with Crippen molar-refractivity contribution in [2.45, 2.75) is 38.1 Å². The molecule has 7 heteroatoms. The summed E-state index contributed by atoms with van der Waals surface area (Å²) in [5.74, 6) is -0.140. The van der Waals surface area contributed by atoms with Gasteiger partial charge in [-0.1, -0.05) is 24.3 Å². The van der Waals surface area contributed by atoms with Crippen molar-refractivity contribution in [2.75, 3.05) is 0 Å². The van der Waals surface area contributed by atoms with E-state index in [9.17, 15) is 13.2 Å². The molecule has 2 aromatic carbocycles. The number of furan rings is 1. The van der Waals surface area contributed by atoms with Gasteiger partial charge in [0.2, 0.25) is 15.9 Å². The van der Waals surface area contributed by atoms with Crippen LogP contribution in [-0.2, 0) is 21.2 Å². The minimum absolute atomic E-state index is 0.0420. The average Bonchev–Trinajstić information content (AvgIpc) is 3.00. The molecule has 0 bridgehead atoms. The molecule has 142 valence electrons. The maximum absolute atomic E-state index is 12.4. The third-order valence-corrected chi connectivity index (χ3v) is 5.71. The topological polar surface area (TPSA) is 102 Å². The average molecular weight is 386 g/mol. The van der Waals surface area contributed by atoms with Gasteiger partial charge in [-0.2, -0.15) is 0 Å². The predicted octanol–water partition coefficient (Wildman–Crippen LogP) is 3.12. The maximum atomic E-state index is 12.4. The third kappa shape index (κ3) is 4.04. The van der Waals surface area contributed by atoms with E-state index in [-0.39, 0.29) is 23.3 Å². The van der Waals surface area contributed by atoms with Crippen LogP contribution in [0.5, 0.6) is 0 Å².